The van der Waals surface area contributed by atoms with Gasteiger partial charge in [-0.05, 0) is 89.3 Å². The SMILES string of the molecule is CC1=C(O)/C(=C/[C@H](C)CCC/C(C)=C\CC/C(C)=C/CCc2ccoc2)OC1=O. The van der Waals surface area contributed by atoms with Gasteiger partial charge in [0.25, 0.3) is 0 Å². The summed E-state index contributed by atoms with van der Waals surface area (Å²) in [6.07, 6.45) is 17.4. The average molecular weight is 399 g/mol. The van der Waals surface area contributed by atoms with Gasteiger partial charge in [0.2, 0.25) is 0 Å². The van der Waals surface area contributed by atoms with Gasteiger partial charge < -0.3 is 14.3 Å². The Morgan fingerprint density at radius 1 is 1.17 bits per heavy atom. The fraction of sp³-hybridized carbons (Fsp3) is 0.480. The molecule has 1 N–H and O–H groups in total. The maximum Gasteiger partial charge on any atom is 0.343 e. The summed E-state index contributed by atoms with van der Waals surface area (Å²) in [4.78, 5) is 11.4. The summed E-state index contributed by atoms with van der Waals surface area (Å²) in [6.45, 7) is 8.05. The number of ether oxygens (including phenoxy) is 1. The number of furan rings is 1. The molecule has 1 aliphatic heterocycles. The zero-order chi connectivity index (χ0) is 21.2. The number of cyclic esters (lactones) is 1. The van der Waals surface area contributed by atoms with Crippen LogP contribution in [0.15, 0.2) is 69.5 Å². The maximum absolute atomic E-state index is 11.4. The highest BCUT2D eigenvalue weighted by molar-refractivity contribution is 5.93. The van der Waals surface area contributed by atoms with Crippen LogP contribution >= 0.6 is 0 Å². The quantitative estimate of drug-likeness (QED) is 0.323. The molecule has 0 bridgehead atoms. The van der Waals surface area contributed by atoms with Gasteiger partial charge in [0.1, 0.15) is 0 Å². The first-order valence-corrected chi connectivity index (χ1v) is 10.5. The van der Waals surface area contributed by atoms with Crippen molar-refractivity contribution >= 4 is 5.97 Å². The van der Waals surface area contributed by atoms with E-state index in [1.807, 2.05) is 18.4 Å². The summed E-state index contributed by atoms with van der Waals surface area (Å²) in [5.74, 6) is 0.0815. The number of esters is 1. The average Bonchev–Trinajstić information content (AvgIpc) is 3.27. The van der Waals surface area contributed by atoms with Gasteiger partial charge in [0.05, 0.1) is 18.1 Å². The topological polar surface area (TPSA) is 59.7 Å². The lowest BCUT2D eigenvalue weighted by atomic mass is 9.99. The van der Waals surface area contributed by atoms with Crippen molar-refractivity contribution in [1.29, 1.82) is 0 Å². The smallest absolute Gasteiger partial charge is 0.343 e. The molecular formula is C25H34O4. The van der Waals surface area contributed by atoms with Crippen molar-refractivity contribution in [1.82, 2.24) is 0 Å². The summed E-state index contributed by atoms with van der Waals surface area (Å²) >= 11 is 0. The molecule has 0 saturated heterocycles. The number of hydrogen-bond acceptors (Lipinski definition) is 4. The molecule has 0 amide bonds. The maximum atomic E-state index is 11.4. The molecule has 29 heavy (non-hydrogen) atoms. The first kappa shape index (κ1) is 22.8. The molecule has 0 fully saturated rings. The minimum absolute atomic E-state index is 0.0221. The summed E-state index contributed by atoms with van der Waals surface area (Å²) in [5.41, 5.74) is 4.39. The van der Waals surface area contributed by atoms with Crippen LogP contribution in [0, 0.1) is 5.92 Å². The third-order valence-corrected chi connectivity index (χ3v) is 5.30. The minimum atomic E-state index is -0.453. The molecule has 0 spiro atoms. The number of hydrogen-bond donors (Lipinski definition) is 1. The Kier molecular flexibility index (Phi) is 9.04. The molecule has 0 radical (unpaired) electrons. The van der Waals surface area contributed by atoms with E-state index in [1.165, 1.54) is 16.7 Å². The van der Waals surface area contributed by atoms with Crippen molar-refractivity contribution in [3.8, 4) is 0 Å². The first-order chi connectivity index (χ1) is 13.9. The van der Waals surface area contributed by atoms with Crippen LogP contribution in [0.5, 0.6) is 0 Å². The highest BCUT2D eigenvalue weighted by Gasteiger charge is 2.26. The van der Waals surface area contributed by atoms with Crippen molar-refractivity contribution in [3.05, 3.63) is 70.6 Å². The van der Waals surface area contributed by atoms with Crippen LogP contribution in [0.1, 0.15) is 71.8 Å². The lowest BCUT2D eigenvalue weighted by Gasteiger charge is -2.08. The standard InChI is InChI=1S/C25H34O4/c1-18(8-5-9-19(2)11-7-13-22-14-15-28-17-22)10-6-12-20(3)16-23-24(26)21(4)25(27)29-23/h8,11,14-17,20,26H,5-7,9-10,12-13H2,1-4H3/b18-8-,19-11+,23-16-/t20-/m1/s1. The molecular weight excluding hydrogens is 364 g/mol. The Hall–Kier alpha value is -2.49. The Bertz CT molecular complexity index is 791. The van der Waals surface area contributed by atoms with E-state index in [4.69, 9.17) is 9.15 Å². The summed E-state index contributed by atoms with van der Waals surface area (Å²) < 4.78 is 10.2. The van der Waals surface area contributed by atoms with Crippen LogP contribution in [0.2, 0.25) is 0 Å². The second kappa shape index (κ2) is 11.5. The van der Waals surface area contributed by atoms with Gasteiger partial charge in [-0.25, -0.2) is 4.79 Å². The second-order valence-electron chi connectivity index (χ2n) is 8.07. The molecule has 0 aliphatic carbocycles. The number of allylic oxidation sites excluding steroid dienone is 5. The van der Waals surface area contributed by atoms with E-state index >= 15 is 0 Å². The number of rotatable bonds is 11. The molecule has 2 rings (SSSR count). The van der Waals surface area contributed by atoms with E-state index in [0.717, 1.165) is 44.9 Å². The lowest BCUT2D eigenvalue weighted by molar-refractivity contribution is -0.133. The van der Waals surface area contributed by atoms with Crippen molar-refractivity contribution < 1.29 is 19.1 Å². The molecule has 1 aliphatic rings. The molecule has 1 atom stereocenters. The third kappa shape index (κ3) is 7.80. The van der Waals surface area contributed by atoms with Gasteiger partial charge in [0, 0.05) is 0 Å². The number of aliphatic hydroxyl groups is 1. The number of aryl methyl sites for hydroxylation is 1. The van der Waals surface area contributed by atoms with E-state index in [-0.39, 0.29) is 17.3 Å². The van der Waals surface area contributed by atoms with E-state index in [1.54, 1.807) is 13.2 Å². The Morgan fingerprint density at radius 3 is 2.55 bits per heavy atom. The molecule has 0 aromatic carbocycles. The molecule has 2 heterocycles. The Morgan fingerprint density at radius 2 is 1.90 bits per heavy atom. The van der Waals surface area contributed by atoms with E-state index in [9.17, 15) is 9.90 Å². The molecule has 1 aromatic heterocycles. The zero-order valence-electron chi connectivity index (χ0n) is 18.2. The Balaban J connectivity index is 1.63. The second-order valence-corrected chi connectivity index (χ2v) is 8.07. The van der Waals surface area contributed by atoms with Gasteiger partial charge in [-0.3, -0.25) is 0 Å². The van der Waals surface area contributed by atoms with Crippen LogP contribution in [0.3, 0.4) is 0 Å². The predicted molar refractivity (Wildman–Crippen MR) is 116 cm³/mol. The summed E-state index contributed by atoms with van der Waals surface area (Å²) in [5, 5.41) is 9.88. The molecule has 0 saturated carbocycles. The monoisotopic (exact) mass is 398 g/mol. The lowest BCUT2D eigenvalue weighted by Crippen LogP contribution is -1.97. The van der Waals surface area contributed by atoms with Crippen LogP contribution in [0.4, 0.5) is 0 Å². The van der Waals surface area contributed by atoms with Crippen molar-refractivity contribution in [2.45, 2.75) is 72.6 Å². The molecule has 4 nitrogen and oxygen atoms in total. The summed E-state index contributed by atoms with van der Waals surface area (Å²) in [6, 6.07) is 2.02. The van der Waals surface area contributed by atoms with Gasteiger partial charge in [-0.1, -0.05) is 30.2 Å². The van der Waals surface area contributed by atoms with Crippen LogP contribution in [-0.2, 0) is 16.0 Å². The van der Waals surface area contributed by atoms with Gasteiger partial charge >= 0.3 is 5.97 Å². The highest BCUT2D eigenvalue weighted by Crippen LogP contribution is 2.26. The molecule has 4 heteroatoms. The number of carbonyl (C=O) groups excluding carboxylic acids is 1. The van der Waals surface area contributed by atoms with Crippen LogP contribution < -0.4 is 0 Å². The molecule has 1 aromatic rings. The Labute approximate surface area is 174 Å². The van der Waals surface area contributed by atoms with Crippen molar-refractivity contribution in [2.75, 3.05) is 0 Å². The van der Waals surface area contributed by atoms with E-state index in [2.05, 4.69) is 32.9 Å². The van der Waals surface area contributed by atoms with Crippen LogP contribution in [-0.4, -0.2) is 11.1 Å². The fourth-order valence-corrected chi connectivity index (χ4v) is 3.33. The normalized spacial score (nSPS) is 17.9. The first-order valence-electron chi connectivity index (χ1n) is 10.5. The molecule has 0 unspecified atom stereocenters. The van der Waals surface area contributed by atoms with E-state index in [0.29, 0.717) is 5.76 Å². The number of carbonyl (C=O) groups is 1. The van der Waals surface area contributed by atoms with E-state index < -0.39 is 5.97 Å². The predicted octanol–water partition coefficient (Wildman–Crippen LogP) is 6.96. The van der Waals surface area contributed by atoms with Gasteiger partial charge in [0.15, 0.2) is 11.5 Å². The highest BCUT2D eigenvalue weighted by atomic mass is 16.6. The fourth-order valence-electron chi connectivity index (χ4n) is 3.33. The minimum Gasteiger partial charge on any atom is -0.504 e. The van der Waals surface area contributed by atoms with Crippen LogP contribution in [0.25, 0.3) is 0 Å². The largest absolute Gasteiger partial charge is 0.504 e. The van der Waals surface area contributed by atoms with Gasteiger partial charge in [-0.15, -0.1) is 0 Å². The number of aliphatic hydroxyl groups excluding tert-OH is 1. The van der Waals surface area contributed by atoms with Crippen molar-refractivity contribution in [3.63, 3.8) is 0 Å². The zero-order valence-corrected chi connectivity index (χ0v) is 18.2. The molecule has 158 valence electrons. The third-order valence-electron chi connectivity index (χ3n) is 5.30. The summed E-state index contributed by atoms with van der Waals surface area (Å²) in [7, 11) is 0. The van der Waals surface area contributed by atoms with Crippen molar-refractivity contribution in [2.24, 2.45) is 5.92 Å². The van der Waals surface area contributed by atoms with Gasteiger partial charge in [-0.2, -0.15) is 0 Å².